The van der Waals surface area contributed by atoms with Crippen molar-refractivity contribution in [1.82, 2.24) is 4.90 Å². The summed E-state index contributed by atoms with van der Waals surface area (Å²) in [6.07, 6.45) is 3.89. The van der Waals surface area contributed by atoms with Crippen LogP contribution in [-0.4, -0.2) is 31.2 Å². The van der Waals surface area contributed by atoms with Gasteiger partial charge in [0.15, 0.2) is 0 Å². The maximum Gasteiger partial charge on any atom is 0.409 e. The van der Waals surface area contributed by atoms with Gasteiger partial charge >= 0.3 is 6.09 Å². The minimum Gasteiger partial charge on any atom is -0.446 e. The molecule has 0 bridgehead atoms. The van der Waals surface area contributed by atoms with Crippen molar-refractivity contribution in [3.8, 4) is 0 Å². The number of carbonyl (C=O) groups is 1. The standard InChI is InChI=1S/C7H12NO2/c1-8(2)7(9)10-6-4-3-5-6/h4,6H,3,5H2,1-2H3. The van der Waals surface area contributed by atoms with Crippen molar-refractivity contribution in [2.24, 2.45) is 0 Å². The van der Waals surface area contributed by atoms with Crippen molar-refractivity contribution in [2.75, 3.05) is 14.1 Å². The third kappa shape index (κ3) is 1.62. The van der Waals surface area contributed by atoms with Gasteiger partial charge in [0, 0.05) is 20.5 Å². The lowest BCUT2D eigenvalue weighted by molar-refractivity contribution is 0.0649. The Morgan fingerprint density at radius 2 is 2.30 bits per heavy atom. The van der Waals surface area contributed by atoms with Gasteiger partial charge in [0.2, 0.25) is 0 Å². The monoisotopic (exact) mass is 142 g/mol. The smallest absolute Gasteiger partial charge is 0.409 e. The van der Waals surface area contributed by atoms with Crippen LogP contribution in [0.2, 0.25) is 0 Å². The molecule has 0 spiro atoms. The highest BCUT2D eigenvalue weighted by molar-refractivity contribution is 5.67. The zero-order valence-corrected chi connectivity index (χ0v) is 6.33. The lowest BCUT2D eigenvalue weighted by atomic mass is 9.96. The largest absolute Gasteiger partial charge is 0.446 e. The third-order valence-corrected chi connectivity index (χ3v) is 1.50. The predicted molar refractivity (Wildman–Crippen MR) is 37.5 cm³/mol. The van der Waals surface area contributed by atoms with Gasteiger partial charge in [-0.15, -0.1) is 0 Å². The summed E-state index contributed by atoms with van der Waals surface area (Å²) in [7, 11) is 3.36. The highest BCUT2D eigenvalue weighted by Crippen LogP contribution is 2.20. The molecule has 1 aliphatic rings. The number of ether oxygens (including phenoxy) is 1. The molecule has 0 N–H and O–H groups in total. The molecular weight excluding hydrogens is 130 g/mol. The number of nitrogens with zero attached hydrogens (tertiary/aromatic N) is 1. The Bertz CT molecular complexity index is 130. The molecular formula is C7H12NO2. The molecule has 0 aliphatic heterocycles. The first-order chi connectivity index (χ1) is 4.70. The fraction of sp³-hybridized carbons (Fsp3) is 0.714. The van der Waals surface area contributed by atoms with E-state index >= 15 is 0 Å². The van der Waals surface area contributed by atoms with Crippen molar-refractivity contribution >= 4 is 6.09 Å². The summed E-state index contributed by atoms with van der Waals surface area (Å²) in [6.45, 7) is 0. The molecule has 10 heavy (non-hydrogen) atoms. The van der Waals surface area contributed by atoms with Gasteiger partial charge in [0.1, 0.15) is 6.10 Å². The van der Waals surface area contributed by atoms with Gasteiger partial charge in [-0.25, -0.2) is 4.79 Å². The first-order valence-electron chi connectivity index (χ1n) is 3.41. The fourth-order valence-corrected chi connectivity index (χ4v) is 0.645. The fourth-order valence-electron chi connectivity index (χ4n) is 0.645. The first-order valence-corrected chi connectivity index (χ1v) is 3.41. The molecule has 0 heterocycles. The molecule has 1 radical (unpaired) electrons. The lowest BCUT2D eigenvalue weighted by Gasteiger charge is -2.26. The van der Waals surface area contributed by atoms with Gasteiger partial charge in [-0.1, -0.05) is 0 Å². The van der Waals surface area contributed by atoms with Crippen LogP contribution < -0.4 is 0 Å². The molecule has 0 aromatic carbocycles. The van der Waals surface area contributed by atoms with Crippen molar-refractivity contribution < 1.29 is 9.53 Å². The minimum absolute atomic E-state index is 0.0786. The summed E-state index contributed by atoms with van der Waals surface area (Å²) in [6, 6.07) is 0. The van der Waals surface area contributed by atoms with Crippen molar-refractivity contribution in [3.05, 3.63) is 6.42 Å². The normalized spacial score (nSPS) is 17.8. The molecule has 1 amide bonds. The topological polar surface area (TPSA) is 29.5 Å². The Hall–Kier alpha value is -0.730. The summed E-state index contributed by atoms with van der Waals surface area (Å²) in [5, 5.41) is 0. The molecule has 0 aromatic heterocycles. The molecule has 1 saturated carbocycles. The van der Waals surface area contributed by atoms with Gasteiger partial charge < -0.3 is 9.64 Å². The maximum atomic E-state index is 10.8. The van der Waals surface area contributed by atoms with Crippen LogP contribution in [0, 0.1) is 6.42 Å². The van der Waals surface area contributed by atoms with E-state index in [-0.39, 0.29) is 12.2 Å². The molecule has 0 aromatic rings. The van der Waals surface area contributed by atoms with E-state index in [9.17, 15) is 4.79 Å². The quantitative estimate of drug-likeness (QED) is 0.547. The summed E-state index contributed by atoms with van der Waals surface area (Å²) in [4.78, 5) is 12.3. The van der Waals surface area contributed by atoms with E-state index in [2.05, 4.69) is 0 Å². The molecule has 3 nitrogen and oxygen atoms in total. The minimum atomic E-state index is -0.249. The Morgan fingerprint density at radius 3 is 2.60 bits per heavy atom. The Labute approximate surface area is 61.0 Å². The number of amides is 1. The van der Waals surface area contributed by atoms with E-state index in [1.165, 1.54) is 4.90 Å². The van der Waals surface area contributed by atoms with Crippen LogP contribution in [0.15, 0.2) is 0 Å². The Kier molecular flexibility index (Phi) is 2.14. The van der Waals surface area contributed by atoms with Crippen LogP contribution in [0.25, 0.3) is 0 Å². The average molecular weight is 142 g/mol. The highest BCUT2D eigenvalue weighted by atomic mass is 16.6. The number of hydrogen-bond acceptors (Lipinski definition) is 2. The number of rotatable bonds is 1. The number of carbonyl (C=O) groups excluding carboxylic acids is 1. The van der Waals surface area contributed by atoms with E-state index < -0.39 is 0 Å². The SMILES string of the molecule is CN(C)C(=O)OC1[CH]CC1. The van der Waals surface area contributed by atoms with E-state index in [0.29, 0.717) is 0 Å². The van der Waals surface area contributed by atoms with Crippen LogP contribution >= 0.6 is 0 Å². The highest BCUT2D eigenvalue weighted by Gasteiger charge is 2.22. The lowest BCUT2D eigenvalue weighted by Crippen LogP contribution is -2.31. The molecule has 57 valence electrons. The van der Waals surface area contributed by atoms with Crippen LogP contribution in [0.1, 0.15) is 12.8 Å². The average Bonchev–Trinajstić information content (AvgIpc) is 1.77. The van der Waals surface area contributed by atoms with E-state index in [1.807, 2.05) is 6.42 Å². The van der Waals surface area contributed by atoms with E-state index in [0.717, 1.165) is 12.8 Å². The van der Waals surface area contributed by atoms with Gasteiger partial charge in [-0.3, -0.25) is 0 Å². The number of hydrogen-bond donors (Lipinski definition) is 0. The molecule has 1 fully saturated rings. The molecule has 1 unspecified atom stereocenters. The van der Waals surface area contributed by atoms with Crippen molar-refractivity contribution in [2.45, 2.75) is 18.9 Å². The molecule has 1 rings (SSSR count). The van der Waals surface area contributed by atoms with E-state index in [4.69, 9.17) is 4.74 Å². The van der Waals surface area contributed by atoms with Crippen molar-refractivity contribution in [3.63, 3.8) is 0 Å². The molecule has 1 atom stereocenters. The molecule has 1 aliphatic carbocycles. The van der Waals surface area contributed by atoms with E-state index in [1.54, 1.807) is 14.1 Å². The second-order valence-corrected chi connectivity index (χ2v) is 2.63. The predicted octanol–water partition coefficient (Wildman–Crippen LogP) is 1.05. The summed E-state index contributed by atoms with van der Waals surface area (Å²) in [5.74, 6) is 0. The molecule has 0 saturated heterocycles. The van der Waals surface area contributed by atoms with Gasteiger partial charge in [0.05, 0.1) is 0 Å². The van der Waals surface area contributed by atoms with Crippen molar-refractivity contribution in [1.29, 1.82) is 0 Å². The zero-order chi connectivity index (χ0) is 7.56. The summed E-state index contributed by atoms with van der Waals surface area (Å²) in [5.41, 5.74) is 0. The Balaban J connectivity index is 2.17. The van der Waals surface area contributed by atoms with Gasteiger partial charge in [-0.05, 0) is 12.8 Å². The van der Waals surface area contributed by atoms with Gasteiger partial charge in [0.25, 0.3) is 0 Å². The third-order valence-electron chi connectivity index (χ3n) is 1.50. The second kappa shape index (κ2) is 2.90. The van der Waals surface area contributed by atoms with Crippen LogP contribution in [0.4, 0.5) is 4.79 Å². The maximum absolute atomic E-state index is 10.8. The Morgan fingerprint density at radius 1 is 1.70 bits per heavy atom. The van der Waals surface area contributed by atoms with Crippen LogP contribution in [0.3, 0.4) is 0 Å². The van der Waals surface area contributed by atoms with Gasteiger partial charge in [-0.2, -0.15) is 0 Å². The molecule has 3 heteroatoms. The first kappa shape index (κ1) is 7.38. The summed E-state index contributed by atoms with van der Waals surface area (Å²) >= 11 is 0. The van der Waals surface area contributed by atoms with Crippen LogP contribution in [0.5, 0.6) is 0 Å². The second-order valence-electron chi connectivity index (χ2n) is 2.63. The zero-order valence-electron chi connectivity index (χ0n) is 6.33. The summed E-state index contributed by atoms with van der Waals surface area (Å²) < 4.78 is 4.98. The van der Waals surface area contributed by atoms with Crippen LogP contribution in [-0.2, 0) is 4.74 Å².